The van der Waals surface area contributed by atoms with Gasteiger partial charge in [-0.2, -0.15) is 0 Å². The average Bonchev–Trinajstić information content (AvgIpc) is 2.43. The Morgan fingerprint density at radius 1 is 1.24 bits per heavy atom. The minimum absolute atomic E-state index is 0.703. The molecule has 0 fully saturated rings. The first-order valence-electron chi connectivity index (χ1n) is 6.95. The van der Waals surface area contributed by atoms with Crippen molar-refractivity contribution in [3.8, 4) is 0 Å². The van der Waals surface area contributed by atoms with Gasteiger partial charge in [-0.05, 0) is 30.7 Å². The molecule has 0 unspecified atom stereocenters. The fourth-order valence-corrected chi connectivity index (χ4v) is 2.54. The standard InChI is InChI=1S/C16H20BrN3O/c1-12-8-15(11-18-6-7-21-2)20-16(19-12)10-13-4-3-5-14(17)9-13/h3-5,8-9,18H,6-7,10-11H2,1-2H3. The second kappa shape index (κ2) is 8.22. The van der Waals surface area contributed by atoms with Crippen LogP contribution in [0, 0.1) is 6.92 Å². The minimum atomic E-state index is 0.703. The quantitative estimate of drug-likeness (QED) is 0.780. The number of rotatable bonds is 7. The molecule has 0 saturated carbocycles. The summed E-state index contributed by atoms with van der Waals surface area (Å²) >= 11 is 3.49. The number of methoxy groups -OCH3 is 1. The zero-order chi connectivity index (χ0) is 15.1. The van der Waals surface area contributed by atoms with Gasteiger partial charge in [0.1, 0.15) is 5.82 Å². The number of halogens is 1. The highest BCUT2D eigenvalue weighted by molar-refractivity contribution is 9.10. The third kappa shape index (κ3) is 5.53. The van der Waals surface area contributed by atoms with Crippen molar-refractivity contribution in [3.05, 3.63) is 57.6 Å². The van der Waals surface area contributed by atoms with Crippen LogP contribution in [-0.2, 0) is 17.7 Å². The van der Waals surface area contributed by atoms with Crippen molar-refractivity contribution in [1.29, 1.82) is 0 Å². The van der Waals surface area contributed by atoms with Crippen LogP contribution in [0.3, 0.4) is 0 Å². The molecule has 0 radical (unpaired) electrons. The number of aromatic nitrogens is 2. The molecule has 5 heteroatoms. The summed E-state index contributed by atoms with van der Waals surface area (Å²) in [5, 5.41) is 3.31. The highest BCUT2D eigenvalue weighted by atomic mass is 79.9. The topological polar surface area (TPSA) is 47.0 Å². The molecule has 1 aromatic carbocycles. The van der Waals surface area contributed by atoms with Crippen LogP contribution < -0.4 is 5.32 Å². The zero-order valence-corrected chi connectivity index (χ0v) is 14.0. The Morgan fingerprint density at radius 2 is 2.10 bits per heavy atom. The van der Waals surface area contributed by atoms with Gasteiger partial charge in [0, 0.05) is 36.8 Å². The van der Waals surface area contributed by atoms with Gasteiger partial charge in [-0.1, -0.05) is 28.1 Å². The second-order valence-corrected chi connectivity index (χ2v) is 5.81. The Labute approximate surface area is 134 Å². The lowest BCUT2D eigenvalue weighted by Gasteiger charge is -2.08. The van der Waals surface area contributed by atoms with Gasteiger partial charge < -0.3 is 10.1 Å². The molecular weight excluding hydrogens is 330 g/mol. The van der Waals surface area contributed by atoms with E-state index in [4.69, 9.17) is 4.74 Å². The Hall–Kier alpha value is -1.30. The van der Waals surface area contributed by atoms with Crippen LogP contribution >= 0.6 is 15.9 Å². The van der Waals surface area contributed by atoms with E-state index in [1.54, 1.807) is 7.11 Å². The molecule has 2 aromatic rings. The van der Waals surface area contributed by atoms with Crippen LogP contribution in [0.4, 0.5) is 0 Å². The summed E-state index contributed by atoms with van der Waals surface area (Å²) in [5.41, 5.74) is 3.22. The molecule has 4 nitrogen and oxygen atoms in total. The first-order valence-corrected chi connectivity index (χ1v) is 7.74. The van der Waals surface area contributed by atoms with E-state index in [0.717, 1.165) is 41.2 Å². The van der Waals surface area contributed by atoms with Gasteiger partial charge in [0.2, 0.25) is 0 Å². The summed E-state index contributed by atoms with van der Waals surface area (Å²) < 4.78 is 6.10. The van der Waals surface area contributed by atoms with Gasteiger partial charge in [-0.3, -0.25) is 0 Å². The van der Waals surface area contributed by atoms with E-state index in [2.05, 4.69) is 43.3 Å². The lowest BCUT2D eigenvalue weighted by Crippen LogP contribution is -2.20. The van der Waals surface area contributed by atoms with Crippen molar-refractivity contribution < 1.29 is 4.74 Å². The Morgan fingerprint density at radius 3 is 2.86 bits per heavy atom. The maximum absolute atomic E-state index is 5.02. The van der Waals surface area contributed by atoms with Crippen molar-refractivity contribution in [2.45, 2.75) is 19.9 Å². The lowest BCUT2D eigenvalue weighted by molar-refractivity contribution is 0.199. The summed E-state index contributed by atoms with van der Waals surface area (Å²) in [5.74, 6) is 0.858. The molecule has 21 heavy (non-hydrogen) atoms. The summed E-state index contributed by atoms with van der Waals surface area (Å²) in [6, 6.07) is 10.3. The molecule has 2 rings (SSSR count). The number of benzene rings is 1. The fraction of sp³-hybridized carbons (Fsp3) is 0.375. The SMILES string of the molecule is COCCNCc1cc(C)nc(Cc2cccc(Br)c2)n1. The smallest absolute Gasteiger partial charge is 0.133 e. The van der Waals surface area contributed by atoms with E-state index < -0.39 is 0 Å². The van der Waals surface area contributed by atoms with Crippen LogP contribution in [0.1, 0.15) is 22.8 Å². The molecule has 1 aromatic heterocycles. The highest BCUT2D eigenvalue weighted by Crippen LogP contribution is 2.14. The molecular formula is C16H20BrN3O. The van der Waals surface area contributed by atoms with E-state index in [1.165, 1.54) is 5.56 Å². The van der Waals surface area contributed by atoms with E-state index in [-0.39, 0.29) is 0 Å². The Bertz CT molecular complexity index is 589. The molecule has 0 saturated heterocycles. The summed E-state index contributed by atoms with van der Waals surface area (Å²) in [7, 11) is 1.70. The monoisotopic (exact) mass is 349 g/mol. The van der Waals surface area contributed by atoms with Gasteiger partial charge >= 0.3 is 0 Å². The molecule has 0 aliphatic heterocycles. The predicted octanol–water partition coefficient (Wildman–Crippen LogP) is 2.87. The molecule has 1 N–H and O–H groups in total. The highest BCUT2D eigenvalue weighted by Gasteiger charge is 2.04. The van der Waals surface area contributed by atoms with Gasteiger partial charge in [0.05, 0.1) is 12.3 Å². The van der Waals surface area contributed by atoms with E-state index >= 15 is 0 Å². The lowest BCUT2D eigenvalue weighted by atomic mass is 10.1. The summed E-state index contributed by atoms with van der Waals surface area (Å²) in [4.78, 5) is 9.15. The number of nitrogens with one attached hydrogen (secondary N) is 1. The third-order valence-electron chi connectivity index (χ3n) is 2.99. The van der Waals surface area contributed by atoms with E-state index in [1.807, 2.05) is 25.1 Å². The maximum Gasteiger partial charge on any atom is 0.133 e. The molecule has 0 spiro atoms. The van der Waals surface area contributed by atoms with Crippen LogP contribution in [0.2, 0.25) is 0 Å². The van der Waals surface area contributed by atoms with E-state index in [0.29, 0.717) is 6.61 Å². The Balaban J connectivity index is 2.04. The van der Waals surface area contributed by atoms with Crippen molar-refractivity contribution in [2.75, 3.05) is 20.3 Å². The number of hydrogen-bond donors (Lipinski definition) is 1. The fourth-order valence-electron chi connectivity index (χ4n) is 2.09. The summed E-state index contributed by atoms with van der Waals surface area (Å²) in [6.45, 7) is 4.26. The normalized spacial score (nSPS) is 10.8. The van der Waals surface area contributed by atoms with Crippen molar-refractivity contribution in [3.63, 3.8) is 0 Å². The second-order valence-electron chi connectivity index (χ2n) is 4.89. The molecule has 0 aliphatic carbocycles. The van der Waals surface area contributed by atoms with Crippen LogP contribution in [-0.4, -0.2) is 30.2 Å². The first kappa shape index (κ1) is 16.1. The van der Waals surface area contributed by atoms with Gasteiger partial charge in [0.15, 0.2) is 0 Å². The van der Waals surface area contributed by atoms with Gasteiger partial charge in [-0.25, -0.2) is 9.97 Å². The predicted molar refractivity (Wildman–Crippen MR) is 87.3 cm³/mol. The molecule has 0 bridgehead atoms. The molecule has 0 aliphatic rings. The van der Waals surface area contributed by atoms with Crippen molar-refractivity contribution in [1.82, 2.24) is 15.3 Å². The number of nitrogens with zero attached hydrogens (tertiary/aromatic N) is 2. The molecule has 112 valence electrons. The summed E-state index contributed by atoms with van der Waals surface area (Å²) in [6.07, 6.45) is 0.742. The number of aryl methyl sites for hydroxylation is 1. The van der Waals surface area contributed by atoms with Gasteiger partial charge in [-0.15, -0.1) is 0 Å². The van der Waals surface area contributed by atoms with Crippen molar-refractivity contribution >= 4 is 15.9 Å². The molecule has 0 amide bonds. The number of hydrogen-bond acceptors (Lipinski definition) is 4. The number of ether oxygens (including phenoxy) is 1. The Kier molecular flexibility index (Phi) is 6.29. The van der Waals surface area contributed by atoms with Crippen molar-refractivity contribution in [2.24, 2.45) is 0 Å². The molecule has 0 atom stereocenters. The van der Waals surface area contributed by atoms with E-state index in [9.17, 15) is 0 Å². The van der Waals surface area contributed by atoms with Gasteiger partial charge in [0.25, 0.3) is 0 Å². The van der Waals surface area contributed by atoms with Crippen LogP contribution in [0.25, 0.3) is 0 Å². The largest absolute Gasteiger partial charge is 0.383 e. The van der Waals surface area contributed by atoms with Crippen LogP contribution in [0.5, 0.6) is 0 Å². The first-order chi connectivity index (χ1) is 10.2. The minimum Gasteiger partial charge on any atom is -0.383 e. The third-order valence-corrected chi connectivity index (χ3v) is 3.49. The van der Waals surface area contributed by atoms with Crippen LogP contribution in [0.15, 0.2) is 34.8 Å². The average molecular weight is 350 g/mol. The maximum atomic E-state index is 5.02. The molecule has 1 heterocycles. The zero-order valence-electron chi connectivity index (χ0n) is 12.4.